The molecule has 0 aromatic heterocycles. The molecule has 0 heterocycles. The van der Waals surface area contributed by atoms with E-state index in [1.54, 1.807) is 0 Å². The second kappa shape index (κ2) is 9.79. The maximum Gasteiger partial charge on any atom is 0.0726 e. The summed E-state index contributed by atoms with van der Waals surface area (Å²) in [6.07, 6.45) is 0. The normalized spacial score (nSPS) is 13.4. The second-order valence-corrected chi connectivity index (χ2v) is 12.8. The van der Waals surface area contributed by atoms with E-state index in [-0.39, 0.29) is 0 Å². The highest BCUT2D eigenvalue weighted by Crippen LogP contribution is 2.63. The number of fused-ring (bicyclic) bond motifs is 12. The van der Waals surface area contributed by atoms with Gasteiger partial charge >= 0.3 is 0 Å². The zero-order valence-electron chi connectivity index (χ0n) is 26.1. The average molecular weight is 598 g/mol. The number of benzene rings is 8. The van der Waals surface area contributed by atoms with E-state index in [0.717, 1.165) is 5.69 Å². The fraction of sp³-hybridized carbons (Fsp3) is 0.0435. The molecule has 1 nitrogen and oxygen atoms in total. The third-order valence-corrected chi connectivity index (χ3v) is 10.7. The molecule has 0 atom stereocenters. The standard InChI is InChI=1S/C46H31N/c1-47-31-24-26-35-34-25-23-30(27-42(34)46(43(35)28-31)40-21-11-9-15-32(40)33-16-10-12-22-41(33)46)45-38-19-7-5-17-36(38)44(29-13-3-2-4-14-29)37-18-6-8-20-39(37)45/h2-28,47H,1H3. The number of hydrogen-bond acceptors (Lipinski definition) is 1. The van der Waals surface area contributed by atoms with Crippen molar-refractivity contribution < 1.29 is 0 Å². The van der Waals surface area contributed by atoms with E-state index in [0.29, 0.717) is 0 Å². The molecule has 1 N–H and O–H groups in total. The summed E-state index contributed by atoms with van der Waals surface area (Å²) in [4.78, 5) is 0. The molecule has 220 valence electrons. The largest absolute Gasteiger partial charge is 0.388 e. The minimum atomic E-state index is -0.406. The Balaban J connectivity index is 1.33. The minimum absolute atomic E-state index is 0.406. The summed E-state index contributed by atoms with van der Waals surface area (Å²) in [5, 5.41) is 8.55. The molecule has 0 fully saturated rings. The van der Waals surface area contributed by atoms with E-state index >= 15 is 0 Å². The molecule has 47 heavy (non-hydrogen) atoms. The second-order valence-electron chi connectivity index (χ2n) is 12.8. The van der Waals surface area contributed by atoms with Crippen molar-refractivity contribution in [2.24, 2.45) is 0 Å². The van der Waals surface area contributed by atoms with Crippen molar-refractivity contribution in [1.29, 1.82) is 0 Å². The predicted octanol–water partition coefficient (Wildman–Crippen LogP) is 11.7. The van der Waals surface area contributed by atoms with Crippen LogP contribution in [-0.2, 0) is 5.41 Å². The first-order valence-electron chi connectivity index (χ1n) is 16.4. The Bertz CT molecular complexity index is 2450. The van der Waals surface area contributed by atoms with Crippen molar-refractivity contribution in [2.75, 3.05) is 12.4 Å². The molecule has 8 aromatic rings. The van der Waals surface area contributed by atoms with Gasteiger partial charge < -0.3 is 5.32 Å². The third kappa shape index (κ3) is 3.43. The van der Waals surface area contributed by atoms with Gasteiger partial charge in [0.1, 0.15) is 0 Å². The van der Waals surface area contributed by atoms with Crippen LogP contribution in [-0.4, -0.2) is 7.05 Å². The van der Waals surface area contributed by atoms with Crippen molar-refractivity contribution in [3.05, 3.63) is 186 Å². The number of nitrogens with one attached hydrogen (secondary N) is 1. The van der Waals surface area contributed by atoms with E-state index in [9.17, 15) is 0 Å². The molecule has 2 aliphatic rings. The van der Waals surface area contributed by atoms with Crippen molar-refractivity contribution in [3.8, 4) is 44.5 Å². The van der Waals surface area contributed by atoms with Crippen LogP contribution in [0, 0.1) is 0 Å². The highest BCUT2D eigenvalue weighted by atomic mass is 14.8. The molecule has 8 aromatic carbocycles. The smallest absolute Gasteiger partial charge is 0.0726 e. The number of anilines is 1. The van der Waals surface area contributed by atoms with E-state index in [1.807, 2.05) is 7.05 Å². The van der Waals surface area contributed by atoms with Gasteiger partial charge in [0.05, 0.1) is 5.41 Å². The summed E-state index contributed by atoms with van der Waals surface area (Å²) in [7, 11) is 2.01. The number of rotatable bonds is 3. The molecular weight excluding hydrogens is 567 g/mol. The molecule has 0 radical (unpaired) electrons. The minimum Gasteiger partial charge on any atom is -0.388 e. The molecule has 0 saturated carbocycles. The van der Waals surface area contributed by atoms with Gasteiger partial charge in [-0.1, -0.05) is 146 Å². The van der Waals surface area contributed by atoms with Gasteiger partial charge in [0.15, 0.2) is 0 Å². The first-order valence-corrected chi connectivity index (χ1v) is 16.4. The molecule has 0 saturated heterocycles. The topological polar surface area (TPSA) is 12.0 Å². The van der Waals surface area contributed by atoms with Gasteiger partial charge in [0.2, 0.25) is 0 Å². The van der Waals surface area contributed by atoms with Gasteiger partial charge in [-0.25, -0.2) is 0 Å². The van der Waals surface area contributed by atoms with E-state index in [4.69, 9.17) is 0 Å². The maximum atomic E-state index is 3.43. The first kappa shape index (κ1) is 26.3. The molecule has 0 amide bonds. The highest BCUT2D eigenvalue weighted by Gasteiger charge is 2.51. The summed E-state index contributed by atoms with van der Waals surface area (Å²) >= 11 is 0. The van der Waals surface area contributed by atoms with Crippen molar-refractivity contribution in [2.45, 2.75) is 5.41 Å². The molecule has 10 rings (SSSR count). The lowest BCUT2D eigenvalue weighted by Crippen LogP contribution is -2.26. The molecular formula is C46H31N. The van der Waals surface area contributed by atoms with Crippen molar-refractivity contribution in [1.82, 2.24) is 0 Å². The van der Waals surface area contributed by atoms with Gasteiger partial charge in [-0.2, -0.15) is 0 Å². The van der Waals surface area contributed by atoms with Crippen LogP contribution < -0.4 is 5.32 Å². The van der Waals surface area contributed by atoms with Gasteiger partial charge in [0.25, 0.3) is 0 Å². The molecule has 0 bridgehead atoms. The fourth-order valence-corrected chi connectivity index (χ4v) is 8.81. The Kier molecular flexibility index (Phi) is 5.48. The van der Waals surface area contributed by atoms with Crippen LogP contribution >= 0.6 is 0 Å². The Hall–Kier alpha value is -5.92. The molecule has 1 heteroatoms. The van der Waals surface area contributed by atoms with Crippen LogP contribution in [0.5, 0.6) is 0 Å². The van der Waals surface area contributed by atoms with Crippen LogP contribution in [0.3, 0.4) is 0 Å². The van der Waals surface area contributed by atoms with Crippen LogP contribution in [0.1, 0.15) is 22.3 Å². The summed E-state index contributed by atoms with van der Waals surface area (Å²) in [5.41, 5.74) is 16.5. The quantitative estimate of drug-likeness (QED) is 0.200. The maximum absolute atomic E-state index is 3.43. The van der Waals surface area contributed by atoms with Gasteiger partial charge in [-0.05, 0) is 107 Å². The van der Waals surface area contributed by atoms with Crippen LogP contribution in [0.2, 0.25) is 0 Å². The van der Waals surface area contributed by atoms with E-state index in [1.165, 1.54) is 88.3 Å². The predicted molar refractivity (Wildman–Crippen MR) is 198 cm³/mol. The summed E-state index contributed by atoms with van der Waals surface area (Å²) in [6.45, 7) is 0. The monoisotopic (exact) mass is 597 g/mol. The lowest BCUT2D eigenvalue weighted by Gasteiger charge is -2.31. The van der Waals surface area contributed by atoms with Crippen LogP contribution in [0.4, 0.5) is 5.69 Å². The zero-order valence-corrected chi connectivity index (χ0v) is 26.1. The lowest BCUT2D eigenvalue weighted by molar-refractivity contribution is 0.794. The fourth-order valence-electron chi connectivity index (χ4n) is 8.81. The van der Waals surface area contributed by atoms with Crippen LogP contribution in [0.25, 0.3) is 66.1 Å². The summed E-state index contributed by atoms with van der Waals surface area (Å²) < 4.78 is 0. The first-order chi connectivity index (χ1) is 23.3. The Morgan fingerprint density at radius 2 is 0.809 bits per heavy atom. The molecule has 1 spiro atoms. The third-order valence-electron chi connectivity index (χ3n) is 10.7. The van der Waals surface area contributed by atoms with Crippen molar-refractivity contribution in [3.63, 3.8) is 0 Å². The van der Waals surface area contributed by atoms with E-state index in [2.05, 4.69) is 169 Å². The molecule has 2 aliphatic carbocycles. The Labute approximate surface area is 274 Å². The molecule has 0 aliphatic heterocycles. The van der Waals surface area contributed by atoms with E-state index < -0.39 is 5.41 Å². The average Bonchev–Trinajstić information content (AvgIpc) is 3.60. The molecule has 0 unspecified atom stereocenters. The van der Waals surface area contributed by atoms with Crippen molar-refractivity contribution >= 4 is 27.2 Å². The Morgan fingerprint density at radius 1 is 0.362 bits per heavy atom. The van der Waals surface area contributed by atoms with Gasteiger partial charge in [0, 0.05) is 12.7 Å². The highest BCUT2D eigenvalue weighted by molar-refractivity contribution is 6.21. The SMILES string of the molecule is CNc1ccc2c(c1)C1(c3ccccc3-c3ccccc31)c1cc(-c3c4ccccc4c(-c4ccccc4)c4ccccc34)ccc1-2. The Morgan fingerprint density at radius 3 is 1.38 bits per heavy atom. The van der Waals surface area contributed by atoms with Gasteiger partial charge in [-0.3, -0.25) is 0 Å². The zero-order chi connectivity index (χ0) is 31.1. The van der Waals surface area contributed by atoms with Crippen LogP contribution in [0.15, 0.2) is 164 Å². The lowest BCUT2D eigenvalue weighted by atomic mass is 9.70. The summed E-state index contributed by atoms with van der Waals surface area (Å²) in [5.74, 6) is 0. The van der Waals surface area contributed by atoms with Gasteiger partial charge in [-0.15, -0.1) is 0 Å². The number of hydrogen-bond donors (Lipinski definition) is 1. The summed E-state index contributed by atoms with van der Waals surface area (Å²) in [6, 6.07) is 61.0.